The number of rotatable bonds is 6. The molecule has 0 aromatic heterocycles. The van der Waals surface area contributed by atoms with Gasteiger partial charge in [-0.2, -0.15) is 0 Å². The predicted octanol–water partition coefficient (Wildman–Crippen LogP) is 1.33. The molecule has 0 atom stereocenters. The van der Waals surface area contributed by atoms with Gasteiger partial charge in [0.25, 0.3) is 0 Å². The van der Waals surface area contributed by atoms with E-state index in [1.165, 1.54) is 0 Å². The summed E-state index contributed by atoms with van der Waals surface area (Å²) in [5.74, 6) is -0.0652. The van der Waals surface area contributed by atoms with Crippen molar-refractivity contribution in [1.29, 1.82) is 0 Å². The van der Waals surface area contributed by atoms with Gasteiger partial charge in [-0.25, -0.2) is 0 Å². The summed E-state index contributed by atoms with van der Waals surface area (Å²) in [5.41, 5.74) is 5.13. The van der Waals surface area contributed by atoms with Gasteiger partial charge in [-0.05, 0) is 27.2 Å². The second-order valence-electron chi connectivity index (χ2n) is 4.68. The zero-order chi connectivity index (χ0) is 12.8. The minimum absolute atomic E-state index is 0.0652. The average Bonchev–Trinajstić information content (AvgIpc) is 2.11. The molecular formula is C11H22N2O2S. The van der Waals surface area contributed by atoms with Crippen molar-refractivity contribution < 1.29 is 9.53 Å². The van der Waals surface area contributed by atoms with Crippen molar-refractivity contribution in [3.8, 4) is 0 Å². The largest absolute Gasteiger partial charge is 0.392 e. The molecular weight excluding hydrogens is 224 g/mol. The lowest BCUT2D eigenvalue weighted by Crippen LogP contribution is -2.41. The summed E-state index contributed by atoms with van der Waals surface area (Å²) in [4.78, 5) is 13.8. The minimum atomic E-state index is -0.309. The fourth-order valence-corrected chi connectivity index (χ4v) is 1.28. The van der Waals surface area contributed by atoms with E-state index in [1.807, 2.05) is 27.7 Å². The highest BCUT2D eigenvalue weighted by Crippen LogP contribution is 2.07. The number of thiocarbonyl (C=S) groups is 1. The van der Waals surface area contributed by atoms with E-state index >= 15 is 0 Å². The Morgan fingerprint density at radius 1 is 1.44 bits per heavy atom. The quantitative estimate of drug-likeness (QED) is 0.718. The predicted molar refractivity (Wildman–Crippen MR) is 69.4 cm³/mol. The minimum Gasteiger partial charge on any atom is -0.392 e. The van der Waals surface area contributed by atoms with E-state index in [1.54, 1.807) is 4.90 Å². The number of hydrogen-bond acceptors (Lipinski definition) is 3. The molecule has 0 unspecified atom stereocenters. The first-order chi connectivity index (χ1) is 7.26. The van der Waals surface area contributed by atoms with Crippen LogP contribution in [-0.4, -0.2) is 41.1 Å². The molecule has 0 aromatic rings. The molecule has 0 spiro atoms. The molecule has 1 amide bonds. The Balaban J connectivity index is 4.22. The molecule has 0 aliphatic rings. The standard InChI is InChI=1S/C11H22N2O2S/c1-5-6-13(7-9(12)16)10(14)8-15-11(2,3)4/h5-8H2,1-4H3,(H2,12,16). The number of ether oxygens (including phenoxy) is 1. The van der Waals surface area contributed by atoms with Gasteiger partial charge in [0.2, 0.25) is 5.91 Å². The normalized spacial score (nSPS) is 11.2. The smallest absolute Gasteiger partial charge is 0.248 e. The van der Waals surface area contributed by atoms with Crippen LogP contribution in [-0.2, 0) is 9.53 Å². The number of hydrogen-bond donors (Lipinski definition) is 1. The Bertz CT molecular complexity index is 249. The van der Waals surface area contributed by atoms with Crippen LogP contribution in [0.2, 0.25) is 0 Å². The van der Waals surface area contributed by atoms with Gasteiger partial charge in [0.05, 0.1) is 17.1 Å². The second kappa shape index (κ2) is 6.81. The van der Waals surface area contributed by atoms with Crippen LogP contribution >= 0.6 is 12.2 Å². The van der Waals surface area contributed by atoms with Gasteiger partial charge in [0.1, 0.15) is 6.61 Å². The van der Waals surface area contributed by atoms with Crippen LogP contribution < -0.4 is 5.73 Å². The molecule has 0 bridgehead atoms. The molecule has 0 saturated carbocycles. The molecule has 0 saturated heterocycles. The molecule has 0 rings (SSSR count). The maximum absolute atomic E-state index is 11.8. The molecule has 5 heteroatoms. The number of carbonyl (C=O) groups excluding carboxylic acids is 1. The van der Waals surface area contributed by atoms with Gasteiger partial charge in [-0.15, -0.1) is 0 Å². The van der Waals surface area contributed by atoms with Crippen LogP contribution in [0.3, 0.4) is 0 Å². The summed E-state index contributed by atoms with van der Waals surface area (Å²) in [7, 11) is 0. The SMILES string of the molecule is CCCN(CC(N)=S)C(=O)COC(C)(C)C. The molecule has 16 heavy (non-hydrogen) atoms. The highest BCUT2D eigenvalue weighted by atomic mass is 32.1. The highest BCUT2D eigenvalue weighted by Gasteiger charge is 2.17. The lowest BCUT2D eigenvalue weighted by atomic mass is 10.2. The van der Waals surface area contributed by atoms with Crippen molar-refractivity contribution in [2.24, 2.45) is 5.73 Å². The monoisotopic (exact) mass is 246 g/mol. The molecule has 2 N–H and O–H groups in total. The summed E-state index contributed by atoms with van der Waals surface area (Å²) in [6.07, 6.45) is 0.879. The van der Waals surface area contributed by atoms with Gasteiger partial charge in [-0.3, -0.25) is 4.79 Å². The zero-order valence-corrected chi connectivity index (χ0v) is 11.4. The zero-order valence-electron chi connectivity index (χ0n) is 10.6. The lowest BCUT2D eigenvalue weighted by molar-refractivity contribution is -0.140. The first kappa shape index (κ1) is 15.3. The molecule has 94 valence electrons. The summed E-state index contributed by atoms with van der Waals surface area (Å²) in [5, 5.41) is 0. The van der Waals surface area contributed by atoms with E-state index < -0.39 is 0 Å². The first-order valence-electron chi connectivity index (χ1n) is 5.46. The van der Waals surface area contributed by atoms with E-state index in [0.717, 1.165) is 6.42 Å². The first-order valence-corrected chi connectivity index (χ1v) is 5.87. The van der Waals surface area contributed by atoms with E-state index in [4.69, 9.17) is 22.7 Å². The van der Waals surface area contributed by atoms with Crippen molar-refractivity contribution in [2.45, 2.75) is 39.7 Å². The van der Waals surface area contributed by atoms with Gasteiger partial charge >= 0.3 is 0 Å². The maximum Gasteiger partial charge on any atom is 0.248 e. The molecule has 0 radical (unpaired) electrons. The van der Waals surface area contributed by atoms with Crippen molar-refractivity contribution in [3.05, 3.63) is 0 Å². The Kier molecular flexibility index (Phi) is 6.52. The van der Waals surface area contributed by atoms with E-state index in [0.29, 0.717) is 18.1 Å². The Hall–Kier alpha value is -0.680. The lowest BCUT2D eigenvalue weighted by Gasteiger charge is -2.24. The van der Waals surface area contributed by atoms with Crippen LogP contribution in [0.1, 0.15) is 34.1 Å². The molecule has 0 heterocycles. The van der Waals surface area contributed by atoms with Crippen LogP contribution in [0, 0.1) is 0 Å². The van der Waals surface area contributed by atoms with Crippen LogP contribution in [0.15, 0.2) is 0 Å². The summed E-state index contributed by atoms with van der Waals surface area (Å²) >= 11 is 4.81. The third-order valence-electron chi connectivity index (χ3n) is 1.82. The van der Waals surface area contributed by atoms with Gasteiger partial charge < -0.3 is 15.4 Å². The van der Waals surface area contributed by atoms with Crippen molar-refractivity contribution in [2.75, 3.05) is 19.7 Å². The molecule has 4 nitrogen and oxygen atoms in total. The van der Waals surface area contributed by atoms with Gasteiger partial charge in [0, 0.05) is 6.54 Å². The van der Waals surface area contributed by atoms with Gasteiger partial charge in [-0.1, -0.05) is 19.1 Å². The number of amides is 1. The third-order valence-corrected chi connectivity index (χ3v) is 1.95. The van der Waals surface area contributed by atoms with E-state index in [2.05, 4.69) is 0 Å². The molecule has 0 fully saturated rings. The summed E-state index contributed by atoms with van der Waals surface area (Å²) < 4.78 is 5.42. The molecule has 0 aliphatic heterocycles. The number of nitrogens with zero attached hydrogens (tertiary/aromatic N) is 1. The van der Waals surface area contributed by atoms with Crippen molar-refractivity contribution >= 4 is 23.1 Å². The van der Waals surface area contributed by atoms with Crippen molar-refractivity contribution in [1.82, 2.24) is 4.90 Å². The average molecular weight is 246 g/mol. The van der Waals surface area contributed by atoms with Crippen LogP contribution in [0.4, 0.5) is 0 Å². The Morgan fingerprint density at radius 2 is 2.00 bits per heavy atom. The fourth-order valence-electron chi connectivity index (χ4n) is 1.12. The fraction of sp³-hybridized carbons (Fsp3) is 0.818. The molecule has 0 aromatic carbocycles. The van der Waals surface area contributed by atoms with Crippen LogP contribution in [0.5, 0.6) is 0 Å². The maximum atomic E-state index is 11.8. The Labute approximate surface area is 103 Å². The van der Waals surface area contributed by atoms with E-state index in [-0.39, 0.29) is 18.1 Å². The van der Waals surface area contributed by atoms with Gasteiger partial charge in [0.15, 0.2) is 0 Å². The van der Waals surface area contributed by atoms with Crippen LogP contribution in [0.25, 0.3) is 0 Å². The Morgan fingerprint density at radius 3 is 2.38 bits per heavy atom. The van der Waals surface area contributed by atoms with E-state index in [9.17, 15) is 4.79 Å². The third kappa shape index (κ3) is 7.59. The van der Waals surface area contributed by atoms with Crippen molar-refractivity contribution in [3.63, 3.8) is 0 Å². The summed E-state index contributed by atoms with van der Waals surface area (Å²) in [6, 6.07) is 0. The highest BCUT2D eigenvalue weighted by molar-refractivity contribution is 7.80. The number of carbonyl (C=O) groups is 1. The topological polar surface area (TPSA) is 55.6 Å². The molecule has 0 aliphatic carbocycles. The summed E-state index contributed by atoms with van der Waals surface area (Å²) in [6.45, 7) is 8.81. The second-order valence-corrected chi connectivity index (χ2v) is 5.21. The number of nitrogens with two attached hydrogens (primary N) is 1.